The summed E-state index contributed by atoms with van der Waals surface area (Å²) in [5.74, 6) is -0.843. The summed E-state index contributed by atoms with van der Waals surface area (Å²) in [6, 6.07) is -0.414. The van der Waals surface area contributed by atoms with Crippen molar-refractivity contribution < 1.29 is 19.4 Å². The number of carboxylic acid groups (broad SMARTS) is 1. The molecule has 5 heteroatoms. The Hall–Kier alpha value is -0.650. The third-order valence-corrected chi connectivity index (χ3v) is 2.49. The highest BCUT2D eigenvalue weighted by Crippen LogP contribution is 2.16. The van der Waals surface area contributed by atoms with Gasteiger partial charge in [-0.1, -0.05) is 0 Å². The fourth-order valence-corrected chi connectivity index (χ4v) is 1.74. The van der Waals surface area contributed by atoms with Gasteiger partial charge in [-0.3, -0.25) is 10.1 Å². The van der Waals surface area contributed by atoms with E-state index in [0.717, 1.165) is 6.42 Å². The van der Waals surface area contributed by atoms with Crippen LogP contribution in [0.25, 0.3) is 0 Å². The van der Waals surface area contributed by atoms with Crippen molar-refractivity contribution in [2.45, 2.75) is 24.6 Å². The van der Waals surface area contributed by atoms with Gasteiger partial charge in [-0.15, -0.1) is 0 Å². The Kier molecular flexibility index (Phi) is 2.48. The molecule has 74 valence electrons. The summed E-state index contributed by atoms with van der Waals surface area (Å²) < 4.78 is 10.6. The van der Waals surface area contributed by atoms with Crippen molar-refractivity contribution in [1.29, 1.82) is 0 Å². The quantitative estimate of drug-likeness (QED) is 0.563. The molecule has 0 bridgehead atoms. The van der Waals surface area contributed by atoms with Crippen LogP contribution in [0.3, 0.4) is 0 Å². The van der Waals surface area contributed by atoms with Crippen LogP contribution in [-0.2, 0) is 14.3 Å². The minimum Gasteiger partial charge on any atom is -0.480 e. The number of ether oxygens (including phenoxy) is 2. The number of hydrogen-bond acceptors (Lipinski definition) is 4. The van der Waals surface area contributed by atoms with E-state index < -0.39 is 12.0 Å². The molecular weight excluding hydrogens is 174 g/mol. The van der Waals surface area contributed by atoms with E-state index in [2.05, 4.69) is 5.32 Å². The Bertz CT molecular complexity index is 208. The Morgan fingerprint density at radius 3 is 3.08 bits per heavy atom. The summed E-state index contributed by atoms with van der Waals surface area (Å²) in [4.78, 5) is 10.7. The van der Waals surface area contributed by atoms with Gasteiger partial charge < -0.3 is 14.6 Å². The van der Waals surface area contributed by atoms with Crippen LogP contribution in [0.15, 0.2) is 0 Å². The maximum atomic E-state index is 10.7. The second-order valence-electron chi connectivity index (χ2n) is 3.40. The minimum atomic E-state index is -0.843. The van der Waals surface area contributed by atoms with Gasteiger partial charge in [-0.25, -0.2) is 0 Å². The molecule has 2 fully saturated rings. The molecule has 0 aromatic heterocycles. The van der Waals surface area contributed by atoms with Gasteiger partial charge in [0.2, 0.25) is 0 Å². The first-order valence-corrected chi connectivity index (χ1v) is 4.45. The number of hydrogen-bond donors (Lipinski definition) is 2. The normalized spacial score (nSPS) is 39.5. The highest BCUT2D eigenvalue weighted by molar-refractivity contribution is 5.73. The van der Waals surface area contributed by atoms with Crippen LogP contribution >= 0.6 is 0 Å². The second-order valence-corrected chi connectivity index (χ2v) is 3.40. The van der Waals surface area contributed by atoms with Crippen LogP contribution < -0.4 is 5.32 Å². The maximum absolute atomic E-state index is 10.7. The van der Waals surface area contributed by atoms with Crippen molar-refractivity contribution in [3.05, 3.63) is 0 Å². The van der Waals surface area contributed by atoms with Crippen molar-refractivity contribution in [2.24, 2.45) is 0 Å². The molecule has 1 unspecified atom stereocenters. The van der Waals surface area contributed by atoms with E-state index in [9.17, 15) is 4.79 Å². The summed E-state index contributed by atoms with van der Waals surface area (Å²) in [6.45, 7) is 1.49. The lowest BCUT2D eigenvalue weighted by molar-refractivity contribution is -0.151. The topological polar surface area (TPSA) is 67.8 Å². The Labute approximate surface area is 76.0 Å². The van der Waals surface area contributed by atoms with E-state index >= 15 is 0 Å². The van der Waals surface area contributed by atoms with Crippen LogP contribution in [0.2, 0.25) is 0 Å². The molecule has 0 aromatic carbocycles. The lowest BCUT2D eigenvalue weighted by Gasteiger charge is -2.38. The molecule has 0 amide bonds. The molecular formula is C8H13NO4. The SMILES string of the molecule is O=C(O)C1CO[C@H]2COCC[C@H]2N1. The number of morpholine rings is 1. The van der Waals surface area contributed by atoms with Gasteiger partial charge in [0, 0.05) is 12.6 Å². The predicted molar refractivity (Wildman–Crippen MR) is 43.5 cm³/mol. The third-order valence-electron chi connectivity index (χ3n) is 2.49. The zero-order valence-electron chi connectivity index (χ0n) is 7.23. The first-order valence-electron chi connectivity index (χ1n) is 4.45. The highest BCUT2D eigenvalue weighted by atomic mass is 16.5. The monoisotopic (exact) mass is 187 g/mol. The molecule has 2 aliphatic heterocycles. The van der Waals surface area contributed by atoms with Crippen LogP contribution in [0, 0.1) is 0 Å². The fraction of sp³-hybridized carbons (Fsp3) is 0.875. The van der Waals surface area contributed by atoms with E-state index in [1.54, 1.807) is 0 Å². The molecule has 2 N–H and O–H groups in total. The molecule has 0 spiro atoms. The standard InChI is InChI=1S/C8H13NO4/c10-8(11)6-3-13-7-4-12-2-1-5(7)9-6/h5-7,9H,1-4H2,(H,10,11)/t5-,6?,7+/m1/s1. The number of fused-ring (bicyclic) bond motifs is 1. The van der Waals surface area contributed by atoms with E-state index in [4.69, 9.17) is 14.6 Å². The van der Waals surface area contributed by atoms with Crippen LogP contribution in [-0.4, -0.2) is 49.1 Å². The molecule has 0 radical (unpaired) electrons. The van der Waals surface area contributed by atoms with Crippen molar-refractivity contribution in [3.8, 4) is 0 Å². The Balaban J connectivity index is 1.95. The van der Waals surface area contributed by atoms with Crippen LogP contribution in [0.1, 0.15) is 6.42 Å². The lowest BCUT2D eigenvalue weighted by atomic mass is 10.0. The van der Waals surface area contributed by atoms with Gasteiger partial charge in [0.1, 0.15) is 6.04 Å². The molecule has 0 aromatic rings. The summed E-state index contributed by atoms with van der Waals surface area (Å²) in [6.07, 6.45) is 0.860. The molecule has 2 aliphatic rings. The first-order chi connectivity index (χ1) is 6.27. The van der Waals surface area contributed by atoms with Crippen molar-refractivity contribution in [1.82, 2.24) is 5.32 Å². The van der Waals surface area contributed by atoms with E-state index in [0.29, 0.717) is 13.2 Å². The number of carboxylic acids is 1. The summed E-state index contributed by atoms with van der Waals surface area (Å²) in [5, 5.41) is 11.8. The molecule has 2 heterocycles. The number of rotatable bonds is 1. The van der Waals surface area contributed by atoms with Gasteiger partial charge in [-0.05, 0) is 6.42 Å². The van der Waals surface area contributed by atoms with Crippen molar-refractivity contribution >= 4 is 5.97 Å². The predicted octanol–water partition coefficient (Wildman–Crippen LogP) is -0.783. The van der Waals surface area contributed by atoms with Gasteiger partial charge >= 0.3 is 5.97 Å². The summed E-state index contributed by atoms with van der Waals surface area (Å²) in [5.41, 5.74) is 0. The second kappa shape index (κ2) is 3.61. The van der Waals surface area contributed by atoms with Crippen LogP contribution in [0.4, 0.5) is 0 Å². The van der Waals surface area contributed by atoms with Gasteiger partial charge in [0.05, 0.1) is 19.3 Å². The number of carbonyl (C=O) groups is 1. The van der Waals surface area contributed by atoms with Crippen molar-refractivity contribution in [3.63, 3.8) is 0 Å². The Morgan fingerprint density at radius 1 is 1.46 bits per heavy atom. The van der Waals surface area contributed by atoms with E-state index in [-0.39, 0.29) is 18.8 Å². The molecule has 3 atom stereocenters. The average Bonchev–Trinajstić information content (AvgIpc) is 2.17. The lowest BCUT2D eigenvalue weighted by Crippen LogP contribution is -2.60. The Morgan fingerprint density at radius 2 is 2.31 bits per heavy atom. The van der Waals surface area contributed by atoms with Gasteiger partial charge in [0.15, 0.2) is 0 Å². The highest BCUT2D eigenvalue weighted by Gasteiger charge is 2.35. The molecule has 2 saturated heterocycles. The number of aliphatic carboxylic acids is 1. The average molecular weight is 187 g/mol. The van der Waals surface area contributed by atoms with Crippen LogP contribution in [0.5, 0.6) is 0 Å². The van der Waals surface area contributed by atoms with Gasteiger partial charge in [-0.2, -0.15) is 0 Å². The summed E-state index contributed by atoms with van der Waals surface area (Å²) >= 11 is 0. The van der Waals surface area contributed by atoms with Gasteiger partial charge in [0.25, 0.3) is 0 Å². The van der Waals surface area contributed by atoms with E-state index in [1.807, 2.05) is 0 Å². The summed E-state index contributed by atoms with van der Waals surface area (Å²) in [7, 11) is 0. The molecule has 0 saturated carbocycles. The largest absolute Gasteiger partial charge is 0.480 e. The molecule has 0 aliphatic carbocycles. The third kappa shape index (κ3) is 1.82. The first kappa shape index (κ1) is 8.93. The molecule has 2 rings (SSSR count). The molecule has 5 nitrogen and oxygen atoms in total. The zero-order chi connectivity index (χ0) is 9.26. The fourth-order valence-electron chi connectivity index (χ4n) is 1.74. The van der Waals surface area contributed by atoms with Crippen molar-refractivity contribution in [2.75, 3.05) is 19.8 Å². The number of nitrogens with one attached hydrogen (secondary N) is 1. The maximum Gasteiger partial charge on any atom is 0.323 e. The molecule has 13 heavy (non-hydrogen) atoms. The van der Waals surface area contributed by atoms with E-state index in [1.165, 1.54) is 0 Å². The minimum absolute atomic E-state index is 0.0318. The zero-order valence-corrected chi connectivity index (χ0v) is 7.23. The smallest absolute Gasteiger partial charge is 0.323 e.